The first-order chi connectivity index (χ1) is 9.75. The normalized spacial score (nSPS) is 13.7. The van der Waals surface area contributed by atoms with Crippen LogP contribution in [0.3, 0.4) is 0 Å². The highest BCUT2D eigenvalue weighted by molar-refractivity contribution is 5.84. The van der Waals surface area contributed by atoms with E-state index in [0.29, 0.717) is 0 Å². The number of benzene rings is 2. The molecule has 0 heterocycles. The summed E-state index contributed by atoms with van der Waals surface area (Å²) in [4.78, 5) is 2.21. The lowest BCUT2D eigenvalue weighted by atomic mass is 9.94. The van der Waals surface area contributed by atoms with Gasteiger partial charge < -0.3 is 4.90 Å². The molecule has 0 atom stereocenters. The molecule has 0 aliphatic heterocycles. The second-order valence-corrected chi connectivity index (χ2v) is 5.69. The van der Waals surface area contributed by atoms with Gasteiger partial charge in [0.15, 0.2) is 0 Å². The quantitative estimate of drug-likeness (QED) is 0.797. The number of aryl methyl sites for hydroxylation is 2. The summed E-state index contributed by atoms with van der Waals surface area (Å²) in [7, 11) is 4.23. The molecule has 1 aliphatic rings. The van der Waals surface area contributed by atoms with Crippen molar-refractivity contribution in [1.29, 1.82) is 0 Å². The van der Waals surface area contributed by atoms with E-state index < -0.39 is 0 Å². The lowest BCUT2D eigenvalue weighted by molar-refractivity contribution is 0.457. The number of hydrogen-bond acceptors (Lipinski definition) is 1. The summed E-state index contributed by atoms with van der Waals surface area (Å²) >= 11 is 0. The fraction of sp³-hybridized carbons (Fsp3) is 0.263. The number of fused-ring (bicyclic) bond motifs is 2. The van der Waals surface area contributed by atoms with E-state index in [1.54, 1.807) is 0 Å². The van der Waals surface area contributed by atoms with Crippen molar-refractivity contribution in [3.05, 3.63) is 76.9 Å². The van der Waals surface area contributed by atoms with Crippen LogP contribution in [0.15, 0.2) is 54.6 Å². The first-order valence-electron chi connectivity index (χ1n) is 7.27. The molecule has 0 N–H and O–H groups in total. The van der Waals surface area contributed by atoms with E-state index in [4.69, 9.17) is 0 Å². The molecule has 20 heavy (non-hydrogen) atoms. The highest BCUT2D eigenvalue weighted by Gasteiger charge is 2.16. The average Bonchev–Trinajstić information content (AvgIpc) is 2.62. The van der Waals surface area contributed by atoms with Crippen LogP contribution in [0, 0.1) is 0 Å². The fourth-order valence-corrected chi connectivity index (χ4v) is 2.91. The Bertz CT molecular complexity index is 588. The minimum Gasteiger partial charge on any atom is -0.306 e. The number of rotatable bonds is 2. The second-order valence-electron chi connectivity index (χ2n) is 5.69. The molecule has 1 aliphatic carbocycles. The van der Waals surface area contributed by atoms with Gasteiger partial charge in [0.1, 0.15) is 0 Å². The second kappa shape index (κ2) is 5.64. The van der Waals surface area contributed by atoms with Crippen molar-refractivity contribution in [1.82, 2.24) is 4.90 Å². The van der Waals surface area contributed by atoms with Crippen LogP contribution in [0.5, 0.6) is 0 Å². The maximum atomic E-state index is 2.36. The minimum absolute atomic E-state index is 0.970. The van der Waals surface area contributed by atoms with Gasteiger partial charge in [0.2, 0.25) is 0 Å². The van der Waals surface area contributed by atoms with Crippen LogP contribution in [0.2, 0.25) is 0 Å². The van der Waals surface area contributed by atoms with E-state index >= 15 is 0 Å². The standard InChI is InChI=1S/C19H21N/c1-20(2)14-13-19-17-9-5-3-7-15(17)11-12-16-8-4-6-10-18(16)19/h3-10,13H,11-12,14H2,1-2H3. The van der Waals surface area contributed by atoms with Gasteiger partial charge in [0, 0.05) is 6.54 Å². The van der Waals surface area contributed by atoms with E-state index in [0.717, 1.165) is 19.4 Å². The van der Waals surface area contributed by atoms with Crippen molar-refractivity contribution >= 4 is 5.57 Å². The van der Waals surface area contributed by atoms with Gasteiger partial charge in [-0.1, -0.05) is 54.6 Å². The molecule has 0 spiro atoms. The van der Waals surface area contributed by atoms with E-state index in [1.165, 1.54) is 27.8 Å². The van der Waals surface area contributed by atoms with Gasteiger partial charge in [-0.3, -0.25) is 0 Å². The Morgan fingerprint density at radius 2 is 1.35 bits per heavy atom. The molecule has 1 heteroatoms. The van der Waals surface area contributed by atoms with Crippen molar-refractivity contribution < 1.29 is 0 Å². The zero-order valence-electron chi connectivity index (χ0n) is 12.3. The summed E-state index contributed by atoms with van der Waals surface area (Å²) in [5, 5.41) is 0. The first kappa shape index (κ1) is 13.1. The topological polar surface area (TPSA) is 3.24 Å². The molecule has 2 aromatic carbocycles. The van der Waals surface area contributed by atoms with Crippen molar-refractivity contribution in [2.24, 2.45) is 0 Å². The van der Waals surface area contributed by atoms with Gasteiger partial charge in [-0.05, 0) is 54.8 Å². The summed E-state index contributed by atoms with van der Waals surface area (Å²) in [5.41, 5.74) is 7.13. The molecule has 0 bridgehead atoms. The van der Waals surface area contributed by atoms with Gasteiger partial charge >= 0.3 is 0 Å². The molecule has 0 saturated heterocycles. The van der Waals surface area contributed by atoms with Gasteiger partial charge in [-0.25, -0.2) is 0 Å². The molecular formula is C19H21N. The summed E-state index contributed by atoms with van der Waals surface area (Å²) in [6.07, 6.45) is 4.63. The van der Waals surface area contributed by atoms with Crippen molar-refractivity contribution in [2.75, 3.05) is 20.6 Å². The Balaban J connectivity index is 2.16. The van der Waals surface area contributed by atoms with Crippen molar-refractivity contribution in [2.45, 2.75) is 12.8 Å². The zero-order valence-corrected chi connectivity index (χ0v) is 12.3. The van der Waals surface area contributed by atoms with Crippen molar-refractivity contribution in [3.8, 4) is 0 Å². The Morgan fingerprint density at radius 3 is 1.85 bits per heavy atom. The van der Waals surface area contributed by atoms with E-state index in [9.17, 15) is 0 Å². The lowest BCUT2D eigenvalue weighted by Gasteiger charge is -2.13. The lowest BCUT2D eigenvalue weighted by Crippen LogP contribution is -2.11. The smallest absolute Gasteiger partial charge is 0.0166 e. The Labute approximate surface area is 121 Å². The molecule has 0 aromatic heterocycles. The maximum Gasteiger partial charge on any atom is 0.0166 e. The van der Waals surface area contributed by atoms with Gasteiger partial charge in [0.05, 0.1) is 0 Å². The third-order valence-corrected chi connectivity index (χ3v) is 3.94. The highest BCUT2D eigenvalue weighted by Crippen LogP contribution is 2.33. The van der Waals surface area contributed by atoms with Crippen LogP contribution in [0.1, 0.15) is 22.3 Å². The Kier molecular flexibility index (Phi) is 3.70. The molecule has 2 aromatic rings. The molecule has 102 valence electrons. The molecule has 0 unspecified atom stereocenters. The fourth-order valence-electron chi connectivity index (χ4n) is 2.91. The molecule has 0 amide bonds. The molecular weight excluding hydrogens is 242 g/mol. The Hall–Kier alpha value is -1.86. The summed E-state index contributed by atoms with van der Waals surface area (Å²) in [5.74, 6) is 0. The predicted molar refractivity (Wildman–Crippen MR) is 85.9 cm³/mol. The van der Waals surface area contributed by atoms with Gasteiger partial charge in [-0.15, -0.1) is 0 Å². The van der Waals surface area contributed by atoms with Crippen molar-refractivity contribution in [3.63, 3.8) is 0 Å². The Morgan fingerprint density at radius 1 is 0.850 bits per heavy atom. The van der Waals surface area contributed by atoms with Crippen LogP contribution in [-0.2, 0) is 12.8 Å². The number of nitrogens with zero attached hydrogens (tertiary/aromatic N) is 1. The molecule has 3 rings (SSSR count). The van der Waals surface area contributed by atoms with Gasteiger partial charge in [0.25, 0.3) is 0 Å². The molecule has 0 saturated carbocycles. The van der Waals surface area contributed by atoms with Crippen LogP contribution in [0.25, 0.3) is 5.57 Å². The highest BCUT2D eigenvalue weighted by atomic mass is 15.0. The summed E-state index contributed by atoms with van der Waals surface area (Å²) in [6, 6.07) is 17.7. The third kappa shape index (κ3) is 2.54. The zero-order chi connectivity index (χ0) is 13.9. The van der Waals surface area contributed by atoms with Crippen LogP contribution in [-0.4, -0.2) is 25.5 Å². The summed E-state index contributed by atoms with van der Waals surface area (Å²) in [6.45, 7) is 0.970. The molecule has 0 radical (unpaired) electrons. The molecule has 0 fully saturated rings. The van der Waals surface area contributed by atoms with Gasteiger partial charge in [-0.2, -0.15) is 0 Å². The molecule has 1 nitrogen and oxygen atoms in total. The predicted octanol–water partition coefficient (Wildman–Crippen LogP) is 3.78. The first-order valence-corrected chi connectivity index (χ1v) is 7.27. The monoisotopic (exact) mass is 263 g/mol. The number of likely N-dealkylation sites (N-methyl/N-ethyl adjacent to an activating group) is 1. The number of hydrogen-bond donors (Lipinski definition) is 0. The average molecular weight is 263 g/mol. The minimum atomic E-state index is 0.970. The van der Waals surface area contributed by atoms with E-state index in [-0.39, 0.29) is 0 Å². The van der Waals surface area contributed by atoms with E-state index in [2.05, 4.69) is 73.6 Å². The summed E-state index contributed by atoms with van der Waals surface area (Å²) < 4.78 is 0. The maximum absolute atomic E-state index is 2.36. The third-order valence-electron chi connectivity index (χ3n) is 3.94. The van der Waals surface area contributed by atoms with Crippen LogP contribution >= 0.6 is 0 Å². The SMILES string of the molecule is CN(C)CC=C1c2ccccc2CCc2ccccc21. The van der Waals surface area contributed by atoms with Crippen LogP contribution in [0.4, 0.5) is 0 Å². The van der Waals surface area contributed by atoms with E-state index in [1.807, 2.05) is 0 Å². The largest absolute Gasteiger partial charge is 0.306 e. The van der Waals surface area contributed by atoms with Crippen LogP contribution < -0.4 is 0 Å².